The van der Waals surface area contributed by atoms with E-state index in [0.717, 1.165) is 17.4 Å². The first-order chi connectivity index (χ1) is 16.3. The van der Waals surface area contributed by atoms with E-state index < -0.39 is 5.82 Å². The largest absolute Gasteiger partial charge is 0.492 e. The molecule has 0 atom stereocenters. The van der Waals surface area contributed by atoms with Crippen molar-refractivity contribution < 1.29 is 13.9 Å². The number of benzene rings is 2. The fraction of sp³-hybridized carbons (Fsp3) is 0.320. The summed E-state index contributed by atoms with van der Waals surface area (Å²) in [7, 11) is 3.97. The van der Waals surface area contributed by atoms with E-state index in [2.05, 4.69) is 15.5 Å². The minimum atomic E-state index is -0.459. The van der Waals surface area contributed by atoms with Crippen molar-refractivity contribution in [1.29, 1.82) is 0 Å². The molecule has 0 saturated heterocycles. The molecule has 1 amide bonds. The maximum atomic E-state index is 13.4. The molecule has 2 N–H and O–H groups in total. The molecule has 0 aliphatic heterocycles. The molecule has 0 fully saturated rings. The highest BCUT2D eigenvalue weighted by atomic mass is 19.1. The number of nitrogens with zero attached hydrogens (tertiary/aromatic N) is 3. The van der Waals surface area contributed by atoms with Gasteiger partial charge in [0.05, 0.1) is 10.9 Å². The van der Waals surface area contributed by atoms with Crippen molar-refractivity contribution in [3.8, 4) is 5.75 Å². The molecule has 34 heavy (non-hydrogen) atoms. The number of halogens is 1. The summed E-state index contributed by atoms with van der Waals surface area (Å²) in [4.78, 5) is 27.6. The van der Waals surface area contributed by atoms with Crippen LogP contribution < -0.4 is 15.6 Å². The van der Waals surface area contributed by atoms with Crippen molar-refractivity contribution in [3.63, 3.8) is 0 Å². The van der Waals surface area contributed by atoms with Gasteiger partial charge in [-0.05, 0) is 63.8 Å². The van der Waals surface area contributed by atoms with Gasteiger partial charge in [0.1, 0.15) is 23.7 Å². The average molecular weight is 466 g/mol. The Morgan fingerprint density at radius 2 is 2.06 bits per heavy atom. The van der Waals surface area contributed by atoms with Gasteiger partial charge in [0, 0.05) is 36.3 Å². The molecule has 2 aromatic heterocycles. The third-order valence-corrected chi connectivity index (χ3v) is 5.66. The molecule has 2 aromatic carbocycles. The van der Waals surface area contributed by atoms with E-state index in [0.29, 0.717) is 48.5 Å². The smallest absolute Gasteiger partial charge is 0.262 e. The number of aromatic amines is 1. The Labute approximate surface area is 196 Å². The van der Waals surface area contributed by atoms with Crippen molar-refractivity contribution in [2.24, 2.45) is 0 Å². The molecule has 0 aliphatic carbocycles. The van der Waals surface area contributed by atoms with Gasteiger partial charge in [-0.25, -0.2) is 4.39 Å². The van der Waals surface area contributed by atoms with E-state index in [1.165, 1.54) is 18.2 Å². The van der Waals surface area contributed by atoms with Gasteiger partial charge in [-0.1, -0.05) is 6.07 Å². The van der Waals surface area contributed by atoms with Crippen LogP contribution in [0.1, 0.15) is 22.5 Å². The second-order valence-electron chi connectivity index (χ2n) is 8.48. The summed E-state index contributed by atoms with van der Waals surface area (Å²) in [5.74, 6) is -0.0965. The molecule has 178 valence electrons. The summed E-state index contributed by atoms with van der Waals surface area (Å²) in [6, 6.07) is 11.2. The molecule has 0 aliphatic rings. The summed E-state index contributed by atoms with van der Waals surface area (Å²) < 4.78 is 21.0. The Hall–Kier alpha value is -3.72. The Morgan fingerprint density at radius 3 is 2.82 bits per heavy atom. The second-order valence-corrected chi connectivity index (χ2v) is 8.48. The number of rotatable bonds is 9. The standard InChI is InChI=1S/C25H28FN5O3/c1-16-22-23(29-28-16)20-15-19(34-13-12-30(2)3)8-9-21(20)31(25(22)33)11-5-10-27-24(32)17-6-4-7-18(26)14-17/h4,6-9,14-15H,5,10-13H2,1-3H3,(H,27,32)(H,28,29). The number of hydrogen-bond acceptors (Lipinski definition) is 5. The number of likely N-dealkylation sites (N-methyl/N-ethyl adjacent to an activating group) is 1. The fourth-order valence-electron chi connectivity index (χ4n) is 3.90. The SMILES string of the molecule is Cc1[nH]nc2c1c(=O)n(CCCNC(=O)c1cccc(F)c1)c1ccc(OCCN(C)C)cc21. The van der Waals surface area contributed by atoms with Gasteiger partial charge in [0.2, 0.25) is 0 Å². The number of H-pyrrole nitrogens is 1. The topological polar surface area (TPSA) is 92.2 Å². The first kappa shape index (κ1) is 23.4. The van der Waals surface area contributed by atoms with Crippen LogP contribution in [0.2, 0.25) is 0 Å². The molecule has 0 radical (unpaired) electrons. The molecule has 4 aromatic rings. The molecular formula is C25H28FN5O3. The Balaban J connectivity index is 1.56. The fourth-order valence-corrected chi connectivity index (χ4v) is 3.90. The molecule has 0 saturated carbocycles. The van der Waals surface area contributed by atoms with Crippen molar-refractivity contribution in [2.45, 2.75) is 19.9 Å². The maximum Gasteiger partial charge on any atom is 0.262 e. The monoisotopic (exact) mass is 465 g/mol. The van der Waals surface area contributed by atoms with Gasteiger partial charge in [-0.3, -0.25) is 14.7 Å². The van der Waals surface area contributed by atoms with E-state index >= 15 is 0 Å². The number of carbonyl (C=O) groups is 1. The third-order valence-electron chi connectivity index (χ3n) is 5.66. The zero-order valence-corrected chi connectivity index (χ0v) is 19.5. The molecule has 0 spiro atoms. The van der Waals surface area contributed by atoms with Crippen molar-refractivity contribution in [3.05, 3.63) is 69.9 Å². The Bertz CT molecular complexity index is 1390. The van der Waals surface area contributed by atoms with E-state index in [4.69, 9.17) is 4.74 Å². The molecule has 8 nitrogen and oxygen atoms in total. The summed E-state index contributed by atoms with van der Waals surface area (Å²) in [5.41, 5.74) is 2.20. The predicted molar refractivity (Wildman–Crippen MR) is 130 cm³/mol. The summed E-state index contributed by atoms with van der Waals surface area (Å²) in [5, 5.41) is 11.4. The van der Waals surface area contributed by atoms with E-state index in [-0.39, 0.29) is 17.0 Å². The number of aryl methyl sites for hydroxylation is 2. The lowest BCUT2D eigenvalue weighted by atomic mass is 10.1. The summed E-state index contributed by atoms with van der Waals surface area (Å²) in [6.07, 6.45) is 0.527. The van der Waals surface area contributed by atoms with Crippen LogP contribution in [0.25, 0.3) is 21.8 Å². The van der Waals surface area contributed by atoms with Crippen molar-refractivity contribution >= 4 is 27.7 Å². The zero-order chi connectivity index (χ0) is 24.2. The van der Waals surface area contributed by atoms with Crippen LogP contribution in [0, 0.1) is 12.7 Å². The van der Waals surface area contributed by atoms with E-state index in [9.17, 15) is 14.0 Å². The van der Waals surface area contributed by atoms with Crippen LogP contribution in [-0.2, 0) is 6.54 Å². The molecule has 4 rings (SSSR count). The van der Waals surface area contributed by atoms with Crippen molar-refractivity contribution in [2.75, 3.05) is 33.8 Å². The van der Waals surface area contributed by atoms with Gasteiger partial charge in [0.25, 0.3) is 11.5 Å². The van der Waals surface area contributed by atoms with Crippen LogP contribution in [0.4, 0.5) is 4.39 Å². The number of ether oxygens (including phenoxy) is 1. The molecule has 0 unspecified atom stereocenters. The van der Waals surface area contributed by atoms with Gasteiger partial charge in [-0.15, -0.1) is 0 Å². The Morgan fingerprint density at radius 1 is 1.24 bits per heavy atom. The highest BCUT2D eigenvalue weighted by Gasteiger charge is 2.16. The van der Waals surface area contributed by atoms with Crippen LogP contribution >= 0.6 is 0 Å². The first-order valence-electron chi connectivity index (χ1n) is 11.2. The lowest BCUT2D eigenvalue weighted by Gasteiger charge is -2.14. The summed E-state index contributed by atoms with van der Waals surface area (Å²) in [6.45, 7) is 3.91. The predicted octanol–water partition coefficient (Wildman–Crippen LogP) is 3.09. The summed E-state index contributed by atoms with van der Waals surface area (Å²) >= 11 is 0. The number of carbonyl (C=O) groups excluding carboxylic acids is 1. The number of hydrogen-bond donors (Lipinski definition) is 2. The highest BCUT2D eigenvalue weighted by Crippen LogP contribution is 2.27. The number of fused-ring (bicyclic) bond motifs is 3. The third kappa shape index (κ3) is 4.94. The molecule has 0 bridgehead atoms. The zero-order valence-electron chi connectivity index (χ0n) is 19.5. The molecular weight excluding hydrogens is 437 g/mol. The van der Waals surface area contributed by atoms with E-state index in [1.54, 1.807) is 10.6 Å². The number of pyridine rings is 1. The minimum Gasteiger partial charge on any atom is -0.492 e. The van der Waals surface area contributed by atoms with Crippen LogP contribution in [0.15, 0.2) is 47.3 Å². The number of aromatic nitrogens is 3. The first-order valence-corrected chi connectivity index (χ1v) is 11.2. The molecule has 9 heteroatoms. The van der Waals surface area contributed by atoms with Crippen molar-refractivity contribution in [1.82, 2.24) is 25.0 Å². The number of nitrogens with one attached hydrogen (secondary N) is 2. The Kier molecular flexibility index (Phi) is 6.93. The van der Waals surface area contributed by atoms with Crippen LogP contribution in [0.3, 0.4) is 0 Å². The van der Waals surface area contributed by atoms with E-state index in [1.807, 2.05) is 44.1 Å². The van der Waals surface area contributed by atoms with Crippen LogP contribution in [0.5, 0.6) is 5.75 Å². The average Bonchev–Trinajstić information content (AvgIpc) is 3.20. The van der Waals surface area contributed by atoms with Gasteiger partial charge < -0.3 is 19.5 Å². The lowest BCUT2D eigenvalue weighted by Crippen LogP contribution is -2.27. The minimum absolute atomic E-state index is 0.133. The second kappa shape index (κ2) is 10.0. The van der Waals surface area contributed by atoms with Gasteiger partial charge in [-0.2, -0.15) is 5.10 Å². The lowest BCUT2D eigenvalue weighted by molar-refractivity contribution is 0.0952. The van der Waals surface area contributed by atoms with Crippen LogP contribution in [-0.4, -0.2) is 59.4 Å². The normalized spacial score (nSPS) is 11.4. The van der Waals surface area contributed by atoms with Gasteiger partial charge >= 0.3 is 0 Å². The number of amides is 1. The van der Waals surface area contributed by atoms with Gasteiger partial charge in [0.15, 0.2) is 0 Å². The maximum absolute atomic E-state index is 13.4. The quantitative estimate of drug-likeness (QED) is 0.371. The molecule has 2 heterocycles. The highest BCUT2D eigenvalue weighted by molar-refractivity contribution is 6.04.